The van der Waals surface area contributed by atoms with Crippen LogP contribution >= 0.6 is 27.7 Å². The fourth-order valence-corrected chi connectivity index (χ4v) is 1.91. The zero-order valence-electron chi connectivity index (χ0n) is 8.92. The van der Waals surface area contributed by atoms with Crippen molar-refractivity contribution in [3.63, 3.8) is 0 Å². The van der Waals surface area contributed by atoms with Crippen LogP contribution in [0.1, 0.15) is 10.4 Å². The van der Waals surface area contributed by atoms with E-state index in [2.05, 4.69) is 21.2 Å². The van der Waals surface area contributed by atoms with Gasteiger partial charge < -0.3 is 10.4 Å². The van der Waals surface area contributed by atoms with Crippen LogP contribution in [0.3, 0.4) is 0 Å². The van der Waals surface area contributed by atoms with Gasteiger partial charge in [-0.15, -0.1) is 0 Å². The van der Waals surface area contributed by atoms with Gasteiger partial charge >= 0.3 is 5.51 Å². The zero-order valence-corrected chi connectivity index (χ0v) is 11.3. The van der Waals surface area contributed by atoms with Gasteiger partial charge in [0.1, 0.15) is 5.75 Å². The number of carbonyl (C=O) groups is 1. The minimum absolute atomic E-state index is 0.0152. The SMILES string of the molecule is O=C(NCCSC(F)(F)F)c1cc(Br)ccc1O. The van der Waals surface area contributed by atoms with E-state index in [9.17, 15) is 23.1 Å². The predicted octanol–water partition coefficient (Wildman–Crippen LogP) is 3.14. The second kappa shape index (κ2) is 6.33. The Hall–Kier alpha value is -0.890. The molecule has 0 aliphatic carbocycles. The van der Waals surface area contributed by atoms with Crippen LogP contribution in [0.15, 0.2) is 22.7 Å². The lowest BCUT2D eigenvalue weighted by Gasteiger charge is -2.08. The number of halogens is 4. The molecule has 0 heterocycles. The van der Waals surface area contributed by atoms with Crippen LogP contribution in [0.4, 0.5) is 13.2 Å². The highest BCUT2D eigenvalue weighted by Crippen LogP contribution is 2.29. The number of phenols is 1. The molecule has 2 N–H and O–H groups in total. The Balaban J connectivity index is 2.48. The molecule has 18 heavy (non-hydrogen) atoms. The van der Waals surface area contributed by atoms with Crippen molar-refractivity contribution >= 4 is 33.6 Å². The third-order valence-electron chi connectivity index (χ3n) is 1.86. The summed E-state index contributed by atoms with van der Waals surface area (Å²) in [5.74, 6) is -1.11. The summed E-state index contributed by atoms with van der Waals surface area (Å²) in [6.07, 6.45) is 0. The van der Waals surface area contributed by atoms with Crippen LogP contribution in [0.25, 0.3) is 0 Å². The molecule has 0 unspecified atom stereocenters. The van der Waals surface area contributed by atoms with Gasteiger partial charge in [-0.05, 0) is 30.0 Å². The molecule has 0 saturated carbocycles. The lowest BCUT2D eigenvalue weighted by Crippen LogP contribution is -2.26. The van der Waals surface area contributed by atoms with E-state index in [1.54, 1.807) is 6.07 Å². The average molecular weight is 344 g/mol. The average Bonchev–Trinajstić information content (AvgIpc) is 2.26. The molecule has 0 aliphatic rings. The molecule has 8 heteroatoms. The van der Waals surface area contributed by atoms with Crippen molar-refractivity contribution in [2.24, 2.45) is 0 Å². The minimum atomic E-state index is -4.30. The van der Waals surface area contributed by atoms with Crippen molar-refractivity contribution < 1.29 is 23.1 Å². The molecular weight excluding hydrogens is 335 g/mol. The molecule has 1 amide bonds. The maximum atomic E-state index is 11.8. The van der Waals surface area contributed by atoms with Crippen LogP contribution in [0.2, 0.25) is 0 Å². The van der Waals surface area contributed by atoms with Gasteiger partial charge in [0.25, 0.3) is 5.91 Å². The van der Waals surface area contributed by atoms with Crippen LogP contribution in [-0.4, -0.2) is 28.8 Å². The first-order valence-electron chi connectivity index (χ1n) is 4.77. The number of nitrogens with one attached hydrogen (secondary N) is 1. The Labute approximate surface area is 114 Å². The highest BCUT2D eigenvalue weighted by molar-refractivity contribution is 9.10. The molecule has 0 aromatic heterocycles. The lowest BCUT2D eigenvalue weighted by molar-refractivity contribution is -0.0327. The largest absolute Gasteiger partial charge is 0.507 e. The molecule has 0 atom stereocenters. The minimum Gasteiger partial charge on any atom is -0.507 e. The van der Waals surface area contributed by atoms with Gasteiger partial charge in [-0.2, -0.15) is 13.2 Å². The maximum absolute atomic E-state index is 11.8. The summed E-state index contributed by atoms with van der Waals surface area (Å²) in [5, 5.41) is 11.7. The topological polar surface area (TPSA) is 49.3 Å². The lowest BCUT2D eigenvalue weighted by atomic mass is 10.2. The van der Waals surface area contributed by atoms with E-state index >= 15 is 0 Å². The Morgan fingerprint density at radius 1 is 1.44 bits per heavy atom. The van der Waals surface area contributed by atoms with Gasteiger partial charge in [0.05, 0.1) is 5.56 Å². The number of aromatic hydroxyl groups is 1. The molecule has 0 fully saturated rings. The third-order valence-corrected chi connectivity index (χ3v) is 3.09. The van der Waals surface area contributed by atoms with E-state index in [0.717, 1.165) is 0 Å². The predicted molar refractivity (Wildman–Crippen MR) is 66.7 cm³/mol. The summed E-state index contributed by atoms with van der Waals surface area (Å²) in [5.41, 5.74) is -4.29. The molecule has 1 rings (SSSR count). The fraction of sp³-hybridized carbons (Fsp3) is 0.300. The van der Waals surface area contributed by atoms with E-state index in [-0.39, 0.29) is 35.4 Å². The summed E-state index contributed by atoms with van der Waals surface area (Å²) in [6, 6.07) is 4.26. The number of benzene rings is 1. The Kier molecular flexibility index (Phi) is 5.33. The van der Waals surface area contributed by atoms with Gasteiger partial charge in [0, 0.05) is 16.8 Å². The van der Waals surface area contributed by atoms with Gasteiger partial charge in [0.15, 0.2) is 0 Å². The number of thioether (sulfide) groups is 1. The number of amides is 1. The number of rotatable bonds is 4. The van der Waals surface area contributed by atoms with Gasteiger partial charge in [-0.1, -0.05) is 15.9 Å². The molecule has 100 valence electrons. The molecule has 3 nitrogen and oxygen atoms in total. The molecule has 0 spiro atoms. The number of hydrogen-bond acceptors (Lipinski definition) is 3. The van der Waals surface area contributed by atoms with Crippen LogP contribution < -0.4 is 5.32 Å². The van der Waals surface area contributed by atoms with Gasteiger partial charge in [0.2, 0.25) is 0 Å². The van der Waals surface area contributed by atoms with Crippen molar-refractivity contribution in [2.45, 2.75) is 5.51 Å². The molecule has 0 radical (unpaired) electrons. The number of alkyl halides is 3. The summed E-state index contributed by atoms with van der Waals surface area (Å²) < 4.78 is 36.1. The first-order valence-corrected chi connectivity index (χ1v) is 6.55. The standard InChI is InChI=1S/C10H9BrF3NO2S/c11-6-1-2-8(16)7(5-6)9(17)15-3-4-18-10(12,13)14/h1-2,5,16H,3-4H2,(H,15,17). The smallest absolute Gasteiger partial charge is 0.441 e. The fourth-order valence-electron chi connectivity index (χ4n) is 1.12. The van der Waals surface area contributed by atoms with E-state index in [4.69, 9.17) is 0 Å². The normalized spacial score (nSPS) is 11.3. The second-order valence-electron chi connectivity index (χ2n) is 3.21. The van der Waals surface area contributed by atoms with Gasteiger partial charge in [-0.3, -0.25) is 4.79 Å². The number of carbonyl (C=O) groups excluding carboxylic acids is 1. The quantitative estimate of drug-likeness (QED) is 0.825. The van der Waals surface area contributed by atoms with Crippen molar-refractivity contribution in [3.05, 3.63) is 28.2 Å². The second-order valence-corrected chi connectivity index (χ2v) is 5.29. The molecular formula is C10H9BrF3NO2S. The Morgan fingerprint density at radius 2 is 2.11 bits per heavy atom. The molecule has 1 aromatic rings. The molecule has 0 aliphatic heterocycles. The van der Waals surface area contributed by atoms with Crippen LogP contribution in [0, 0.1) is 0 Å². The number of hydrogen-bond donors (Lipinski definition) is 2. The van der Waals surface area contributed by atoms with Crippen LogP contribution in [0.5, 0.6) is 5.75 Å². The van der Waals surface area contributed by atoms with Gasteiger partial charge in [-0.25, -0.2) is 0 Å². The summed E-state index contributed by atoms with van der Waals surface area (Å²) in [6.45, 7) is -0.130. The Morgan fingerprint density at radius 3 is 2.72 bits per heavy atom. The van der Waals surface area contributed by atoms with E-state index in [0.29, 0.717) is 4.47 Å². The zero-order chi connectivity index (χ0) is 13.8. The summed E-state index contributed by atoms with van der Waals surface area (Å²) in [7, 11) is 0. The Bertz CT molecular complexity index is 440. The van der Waals surface area contributed by atoms with Crippen molar-refractivity contribution in [1.82, 2.24) is 5.32 Å². The monoisotopic (exact) mass is 343 g/mol. The first kappa shape index (κ1) is 15.2. The van der Waals surface area contributed by atoms with Crippen LogP contribution in [-0.2, 0) is 0 Å². The first-order chi connectivity index (χ1) is 8.29. The maximum Gasteiger partial charge on any atom is 0.441 e. The third kappa shape index (κ3) is 5.18. The van der Waals surface area contributed by atoms with Crippen molar-refractivity contribution in [1.29, 1.82) is 0 Å². The molecule has 0 saturated heterocycles. The highest BCUT2D eigenvalue weighted by Gasteiger charge is 2.27. The molecule has 1 aromatic carbocycles. The molecule has 0 bridgehead atoms. The summed E-state index contributed by atoms with van der Waals surface area (Å²) >= 11 is 2.92. The van der Waals surface area contributed by atoms with E-state index in [1.807, 2.05) is 0 Å². The highest BCUT2D eigenvalue weighted by atomic mass is 79.9. The summed E-state index contributed by atoms with van der Waals surface area (Å²) in [4.78, 5) is 11.6. The van der Waals surface area contributed by atoms with Crippen molar-refractivity contribution in [2.75, 3.05) is 12.3 Å². The van der Waals surface area contributed by atoms with E-state index in [1.165, 1.54) is 12.1 Å². The van der Waals surface area contributed by atoms with Crippen molar-refractivity contribution in [3.8, 4) is 5.75 Å². The van der Waals surface area contributed by atoms with E-state index < -0.39 is 11.4 Å². The number of phenolic OH excluding ortho intramolecular Hbond substituents is 1.